The van der Waals surface area contributed by atoms with Crippen molar-refractivity contribution >= 4 is 0 Å². The molecule has 0 saturated carbocycles. The molecule has 0 spiro atoms. The third kappa shape index (κ3) is 3.62. The fourth-order valence-corrected chi connectivity index (χ4v) is 2.39. The van der Waals surface area contributed by atoms with Crippen LogP contribution in [0.2, 0.25) is 0 Å². The molecule has 1 fully saturated rings. The molecule has 1 heterocycles. The SMILES string of the molecule is Cc1ccc(C2CCNCC2)c(OC(F)(F)CF)c1. The van der Waals surface area contributed by atoms with E-state index in [1.807, 2.05) is 12.1 Å². The topological polar surface area (TPSA) is 21.3 Å². The summed E-state index contributed by atoms with van der Waals surface area (Å²) in [5, 5.41) is 3.23. The first-order valence-corrected chi connectivity index (χ1v) is 6.46. The number of hydrogen-bond donors (Lipinski definition) is 1. The normalized spacial score (nSPS) is 17.5. The number of nitrogens with one attached hydrogen (secondary N) is 1. The van der Waals surface area contributed by atoms with Crippen molar-refractivity contribution in [1.82, 2.24) is 5.32 Å². The number of halogens is 3. The highest BCUT2D eigenvalue weighted by atomic mass is 19.3. The molecular formula is C14H18F3NO. The van der Waals surface area contributed by atoms with Gasteiger partial charge in [0.05, 0.1) is 0 Å². The predicted molar refractivity (Wildman–Crippen MR) is 67.6 cm³/mol. The number of alkyl halides is 3. The van der Waals surface area contributed by atoms with E-state index in [0.29, 0.717) is 0 Å². The molecule has 1 aromatic carbocycles. The summed E-state index contributed by atoms with van der Waals surface area (Å²) in [6, 6.07) is 5.24. The first-order chi connectivity index (χ1) is 9.02. The van der Waals surface area contributed by atoms with Gasteiger partial charge in [-0.3, -0.25) is 0 Å². The quantitative estimate of drug-likeness (QED) is 0.907. The van der Waals surface area contributed by atoms with Crippen LogP contribution in [0.5, 0.6) is 5.75 Å². The van der Waals surface area contributed by atoms with Crippen molar-refractivity contribution in [3.63, 3.8) is 0 Å². The van der Waals surface area contributed by atoms with Crippen LogP contribution in [0.4, 0.5) is 13.2 Å². The van der Waals surface area contributed by atoms with Gasteiger partial charge in [-0.1, -0.05) is 12.1 Å². The number of benzene rings is 1. The number of hydrogen-bond acceptors (Lipinski definition) is 2. The van der Waals surface area contributed by atoms with Gasteiger partial charge in [0, 0.05) is 0 Å². The largest absolute Gasteiger partial charge is 0.430 e. The molecule has 0 atom stereocenters. The maximum Gasteiger partial charge on any atom is 0.427 e. The number of rotatable bonds is 4. The van der Waals surface area contributed by atoms with Crippen molar-refractivity contribution in [3.8, 4) is 5.75 Å². The molecule has 1 saturated heterocycles. The Morgan fingerprint density at radius 2 is 2.00 bits per heavy atom. The monoisotopic (exact) mass is 273 g/mol. The molecular weight excluding hydrogens is 255 g/mol. The molecule has 5 heteroatoms. The second-order valence-corrected chi connectivity index (χ2v) is 4.94. The lowest BCUT2D eigenvalue weighted by Gasteiger charge is -2.26. The summed E-state index contributed by atoms with van der Waals surface area (Å²) < 4.78 is 43.0. The first-order valence-electron chi connectivity index (χ1n) is 6.46. The molecule has 0 unspecified atom stereocenters. The van der Waals surface area contributed by atoms with Crippen molar-refractivity contribution in [2.24, 2.45) is 0 Å². The van der Waals surface area contributed by atoms with Crippen molar-refractivity contribution < 1.29 is 17.9 Å². The molecule has 0 aliphatic carbocycles. The molecule has 1 aromatic rings. The molecule has 0 bridgehead atoms. The summed E-state index contributed by atoms with van der Waals surface area (Å²) in [4.78, 5) is 0. The molecule has 2 rings (SSSR count). The van der Waals surface area contributed by atoms with Crippen LogP contribution in [0.1, 0.15) is 29.9 Å². The van der Waals surface area contributed by atoms with E-state index in [0.717, 1.165) is 37.1 Å². The fourth-order valence-electron chi connectivity index (χ4n) is 2.39. The van der Waals surface area contributed by atoms with E-state index in [1.165, 1.54) is 0 Å². The number of aryl methyl sites for hydroxylation is 1. The first kappa shape index (κ1) is 14.2. The van der Waals surface area contributed by atoms with E-state index in [9.17, 15) is 13.2 Å². The summed E-state index contributed by atoms with van der Waals surface area (Å²) in [5.74, 6) is 0.293. The van der Waals surface area contributed by atoms with Crippen LogP contribution < -0.4 is 10.1 Å². The number of ether oxygens (including phenoxy) is 1. The fraction of sp³-hybridized carbons (Fsp3) is 0.571. The molecule has 0 radical (unpaired) electrons. The molecule has 106 valence electrons. The van der Waals surface area contributed by atoms with Gasteiger partial charge in [-0.05, 0) is 56.0 Å². The summed E-state index contributed by atoms with van der Waals surface area (Å²) in [7, 11) is 0. The molecule has 2 nitrogen and oxygen atoms in total. The minimum absolute atomic E-state index is 0.106. The van der Waals surface area contributed by atoms with E-state index in [4.69, 9.17) is 0 Å². The highest BCUT2D eigenvalue weighted by molar-refractivity contribution is 5.40. The van der Waals surface area contributed by atoms with E-state index >= 15 is 0 Å². The molecule has 1 N–H and O–H groups in total. The van der Waals surface area contributed by atoms with Gasteiger partial charge in [0.1, 0.15) is 5.75 Å². The Kier molecular flexibility index (Phi) is 4.34. The Hall–Kier alpha value is -1.23. The summed E-state index contributed by atoms with van der Waals surface area (Å²) >= 11 is 0. The highest BCUT2D eigenvalue weighted by Gasteiger charge is 2.33. The Morgan fingerprint density at radius 3 is 2.63 bits per heavy atom. The van der Waals surface area contributed by atoms with Crippen molar-refractivity contribution in [1.29, 1.82) is 0 Å². The van der Waals surface area contributed by atoms with Crippen LogP contribution in [0.15, 0.2) is 18.2 Å². The summed E-state index contributed by atoms with van der Waals surface area (Å²) in [6.07, 6.45) is -2.00. The van der Waals surface area contributed by atoms with Gasteiger partial charge in [0.2, 0.25) is 0 Å². The average Bonchev–Trinajstić information content (AvgIpc) is 2.39. The van der Waals surface area contributed by atoms with Crippen molar-refractivity contribution in [2.75, 3.05) is 19.8 Å². The van der Waals surface area contributed by atoms with Crippen molar-refractivity contribution in [3.05, 3.63) is 29.3 Å². The second-order valence-electron chi connectivity index (χ2n) is 4.94. The van der Waals surface area contributed by atoms with Gasteiger partial charge in [0.25, 0.3) is 0 Å². The maximum atomic E-state index is 13.1. The standard InChI is InChI=1S/C14H18F3NO/c1-10-2-3-12(11-4-6-18-7-5-11)13(8-10)19-14(16,17)9-15/h2-3,8,11,18H,4-7,9H2,1H3. The predicted octanol–water partition coefficient (Wildman–Crippen LogP) is 3.40. The minimum atomic E-state index is -3.75. The van der Waals surface area contributed by atoms with Crippen molar-refractivity contribution in [2.45, 2.75) is 31.8 Å². The van der Waals surface area contributed by atoms with E-state index in [1.54, 1.807) is 13.0 Å². The Bertz CT molecular complexity index is 431. The van der Waals surface area contributed by atoms with Crippen LogP contribution in [-0.2, 0) is 0 Å². The van der Waals surface area contributed by atoms with E-state index in [-0.39, 0.29) is 11.7 Å². The smallest absolute Gasteiger partial charge is 0.427 e. The zero-order chi connectivity index (χ0) is 13.9. The second kappa shape index (κ2) is 5.82. The molecule has 19 heavy (non-hydrogen) atoms. The summed E-state index contributed by atoms with van der Waals surface area (Å²) in [6.45, 7) is 1.70. The van der Waals surface area contributed by atoms with Crippen LogP contribution in [0.25, 0.3) is 0 Å². The maximum absolute atomic E-state index is 13.1. The lowest BCUT2D eigenvalue weighted by molar-refractivity contribution is -0.186. The zero-order valence-corrected chi connectivity index (χ0v) is 10.9. The minimum Gasteiger partial charge on any atom is -0.430 e. The van der Waals surface area contributed by atoms with Crippen LogP contribution >= 0.6 is 0 Å². The Morgan fingerprint density at radius 1 is 1.32 bits per heavy atom. The third-order valence-electron chi connectivity index (χ3n) is 3.36. The highest BCUT2D eigenvalue weighted by Crippen LogP contribution is 2.35. The molecule has 0 aromatic heterocycles. The van der Waals surface area contributed by atoms with Gasteiger partial charge in [0.15, 0.2) is 6.67 Å². The van der Waals surface area contributed by atoms with Gasteiger partial charge in [-0.2, -0.15) is 8.78 Å². The van der Waals surface area contributed by atoms with Crippen LogP contribution in [0.3, 0.4) is 0 Å². The van der Waals surface area contributed by atoms with Gasteiger partial charge in [-0.15, -0.1) is 0 Å². The molecule has 1 aliphatic rings. The summed E-state index contributed by atoms with van der Waals surface area (Å²) in [5.41, 5.74) is 1.57. The number of piperidine rings is 1. The third-order valence-corrected chi connectivity index (χ3v) is 3.36. The molecule has 0 amide bonds. The van der Waals surface area contributed by atoms with Crippen LogP contribution in [-0.4, -0.2) is 25.9 Å². The average molecular weight is 273 g/mol. The Balaban J connectivity index is 2.26. The molecule has 1 aliphatic heterocycles. The zero-order valence-electron chi connectivity index (χ0n) is 10.9. The Labute approximate surface area is 111 Å². The van der Waals surface area contributed by atoms with Crippen LogP contribution in [0, 0.1) is 6.92 Å². The van der Waals surface area contributed by atoms with Gasteiger partial charge in [-0.25, -0.2) is 4.39 Å². The van der Waals surface area contributed by atoms with Gasteiger partial charge < -0.3 is 10.1 Å². The van der Waals surface area contributed by atoms with E-state index in [2.05, 4.69) is 10.1 Å². The lowest BCUT2D eigenvalue weighted by Crippen LogP contribution is -2.29. The van der Waals surface area contributed by atoms with Gasteiger partial charge >= 0.3 is 6.11 Å². The lowest BCUT2D eigenvalue weighted by atomic mass is 9.89. The van der Waals surface area contributed by atoms with E-state index < -0.39 is 12.8 Å².